The number of hydrogen-bond acceptors (Lipinski definition) is 4. The number of carbonyl (C=O) groups is 2. The molecule has 0 aliphatic rings. The monoisotopic (exact) mass is 258 g/mol. The van der Waals surface area contributed by atoms with Gasteiger partial charge in [0.05, 0.1) is 0 Å². The number of hydrogen-bond donors (Lipinski definition) is 4. The highest BCUT2D eigenvalue weighted by Crippen LogP contribution is 1.98. The third-order valence-corrected chi connectivity index (χ3v) is 1.80. The van der Waals surface area contributed by atoms with Crippen LogP contribution in [0.3, 0.4) is 0 Å². The minimum atomic E-state index is -0.483. The Morgan fingerprint density at radius 3 is 2.17 bits per heavy atom. The smallest absolute Gasteiger partial charge is 0.244 e. The summed E-state index contributed by atoms with van der Waals surface area (Å²) >= 11 is 0. The second kappa shape index (κ2) is 13.4. The molecule has 18 heavy (non-hydrogen) atoms. The van der Waals surface area contributed by atoms with E-state index in [-0.39, 0.29) is 19.1 Å². The molecule has 0 saturated heterocycles. The topological polar surface area (TPSA) is 113 Å². The van der Waals surface area contributed by atoms with Crippen molar-refractivity contribution >= 4 is 11.8 Å². The normalized spacial score (nSPS) is 8.78. The molecular weight excluding hydrogens is 236 g/mol. The number of primary amides is 1. The number of aliphatic hydroxyl groups excluding tert-OH is 2. The van der Waals surface area contributed by atoms with Crippen molar-refractivity contribution < 1.29 is 19.8 Å². The van der Waals surface area contributed by atoms with Crippen molar-refractivity contribution in [1.29, 1.82) is 0 Å². The van der Waals surface area contributed by atoms with Crippen LogP contribution in [0.2, 0.25) is 0 Å². The molecule has 0 spiro atoms. The maximum Gasteiger partial charge on any atom is 0.244 e. The summed E-state index contributed by atoms with van der Waals surface area (Å²) in [7, 11) is 0. The minimum absolute atomic E-state index is 0.0757. The van der Waals surface area contributed by atoms with Crippen LogP contribution in [-0.2, 0) is 9.59 Å². The van der Waals surface area contributed by atoms with Crippen LogP contribution in [0.5, 0.6) is 0 Å². The fourth-order valence-corrected chi connectivity index (χ4v) is 0.778. The molecule has 0 atom stereocenters. The first-order valence-electron chi connectivity index (χ1n) is 5.59. The van der Waals surface area contributed by atoms with Crippen LogP contribution in [0.4, 0.5) is 0 Å². The predicted octanol–water partition coefficient (Wildman–Crippen LogP) is -0.529. The summed E-state index contributed by atoms with van der Waals surface area (Å²) in [5, 5.41) is 19.1. The van der Waals surface area contributed by atoms with Gasteiger partial charge in [-0.05, 0) is 25.3 Å². The molecule has 0 aromatic heterocycles. The van der Waals surface area contributed by atoms with Crippen LogP contribution in [-0.4, -0.2) is 41.8 Å². The molecule has 0 saturated carbocycles. The lowest BCUT2D eigenvalue weighted by Crippen LogP contribution is -2.22. The van der Waals surface area contributed by atoms with Crippen molar-refractivity contribution in [2.24, 2.45) is 5.73 Å². The number of amides is 2. The van der Waals surface area contributed by atoms with Gasteiger partial charge >= 0.3 is 0 Å². The molecule has 0 aromatic carbocycles. The molecular formula is C12H22N2O4. The second-order valence-corrected chi connectivity index (χ2v) is 3.37. The van der Waals surface area contributed by atoms with Crippen LogP contribution >= 0.6 is 0 Å². The Morgan fingerprint density at radius 1 is 1.22 bits per heavy atom. The van der Waals surface area contributed by atoms with E-state index in [0.717, 1.165) is 0 Å². The summed E-state index contributed by atoms with van der Waals surface area (Å²) in [6.07, 6.45) is 2.85. The van der Waals surface area contributed by atoms with Gasteiger partial charge in [-0.2, -0.15) is 0 Å². The molecule has 6 heteroatoms. The fourth-order valence-electron chi connectivity index (χ4n) is 0.778. The lowest BCUT2D eigenvalue weighted by Gasteiger charge is -1.96. The third kappa shape index (κ3) is 14.3. The highest BCUT2D eigenvalue weighted by molar-refractivity contribution is 5.91. The second-order valence-electron chi connectivity index (χ2n) is 3.37. The van der Waals surface area contributed by atoms with E-state index in [9.17, 15) is 9.59 Å². The average Bonchev–Trinajstić information content (AvgIpc) is 2.36. The van der Waals surface area contributed by atoms with Gasteiger partial charge in [0.25, 0.3) is 0 Å². The van der Waals surface area contributed by atoms with E-state index in [1.54, 1.807) is 0 Å². The van der Waals surface area contributed by atoms with Crippen molar-refractivity contribution in [3.05, 3.63) is 24.8 Å². The quantitative estimate of drug-likeness (QED) is 0.346. The molecule has 0 radical (unpaired) electrons. The summed E-state index contributed by atoms with van der Waals surface area (Å²) < 4.78 is 0. The van der Waals surface area contributed by atoms with Gasteiger partial charge in [0.2, 0.25) is 11.8 Å². The third-order valence-electron chi connectivity index (χ3n) is 1.80. The Balaban J connectivity index is 0. The Bertz CT molecular complexity index is 275. The van der Waals surface area contributed by atoms with Crippen LogP contribution in [0.25, 0.3) is 0 Å². The summed E-state index contributed by atoms with van der Waals surface area (Å²) in [6, 6.07) is 0. The molecule has 0 unspecified atom stereocenters. The molecule has 104 valence electrons. The SMILES string of the molecule is C=C(CCCO)C(N)=O.C=CC(=O)NCCCO. The molecule has 0 heterocycles. The Hall–Kier alpha value is -1.66. The van der Waals surface area contributed by atoms with Gasteiger partial charge in [-0.1, -0.05) is 13.2 Å². The molecule has 6 nitrogen and oxygen atoms in total. The zero-order valence-corrected chi connectivity index (χ0v) is 10.5. The van der Waals surface area contributed by atoms with Gasteiger partial charge in [0.1, 0.15) is 0 Å². The molecule has 5 N–H and O–H groups in total. The Morgan fingerprint density at radius 2 is 1.78 bits per heavy atom. The summed E-state index contributed by atoms with van der Waals surface area (Å²) in [6.45, 7) is 7.37. The van der Waals surface area contributed by atoms with Crippen LogP contribution in [0.15, 0.2) is 24.8 Å². The number of nitrogens with one attached hydrogen (secondary N) is 1. The van der Waals surface area contributed by atoms with Gasteiger partial charge in [-0.15, -0.1) is 0 Å². The number of rotatable bonds is 8. The summed E-state index contributed by atoms with van der Waals surface area (Å²) in [5.74, 6) is -0.674. The number of aliphatic hydroxyl groups is 2. The highest BCUT2D eigenvalue weighted by Gasteiger charge is 1.98. The lowest BCUT2D eigenvalue weighted by atomic mass is 10.2. The van der Waals surface area contributed by atoms with Crippen molar-refractivity contribution in [3.8, 4) is 0 Å². The predicted molar refractivity (Wildman–Crippen MR) is 69.6 cm³/mol. The average molecular weight is 258 g/mol. The molecule has 0 aliphatic carbocycles. The Labute approximate surface area is 107 Å². The van der Waals surface area contributed by atoms with Gasteiger partial charge in [-0.25, -0.2) is 0 Å². The van der Waals surface area contributed by atoms with E-state index in [4.69, 9.17) is 15.9 Å². The Kier molecular flexibility index (Phi) is 13.9. The fraction of sp³-hybridized carbons (Fsp3) is 0.500. The van der Waals surface area contributed by atoms with E-state index in [0.29, 0.717) is 31.4 Å². The molecule has 0 fully saturated rings. The standard InChI is InChI=1S/2C6H11NO2/c1-5(6(7)9)3-2-4-8;1-2-6(9)7-4-3-5-8/h8H,1-4H2,(H2,7,9);2,8H,1,3-5H2,(H,7,9). The number of nitrogens with two attached hydrogens (primary N) is 1. The van der Waals surface area contributed by atoms with Crippen molar-refractivity contribution in [2.45, 2.75) is 19.3 Å². The van der Waals surface area contributed by atoms with Crippen molar-refractivity contribution in [2.75, 3.05) is 19.8 Å². The van der Waals surface area contributed by atoms with Crippen molar-refractivity contribution in [1.82, 2.24) is 5.32 Å². The maximum atomic E-state index is 10.4. The summed E-state index contributed by atoms with van der Waals surface area (Å²) in [5.41, 5.74) is 5.24. The van der Waals surface area contributed by atoms with Gasteiger partial charge < -0.3 is 21.3 Å². The molecule has 0 bridgehead atoms. The zero-order chi connectivity index (χ0) is 14.4. The molecule has 0 aliphatic heterocycles. The van der Waals surface area contributed by atoms with E-state index in [1.165, 1.54) is 6.08 Å². The first-order chi connectivity index (χ1) is 8.49. The van der Waals surface area contributed by atoms with Crippen LogP contribution < -0.4 is 11.1 Å². The first-order valence-corrected chi connectivity index (χ1v) is 5.59. The molecule has 0 rings (SSSR count). The minimum Gasteiger partial charge on any atom is -0.396 e. The largest absolute Gasteiger partial charge is 0.396 e. The van der Waals surface area contributed by atoms with E-state index in [1.807, 2.05) is 0 Å². The maximum absolute atomic E-state index is 10.4. The zero-order valence-electron chi connectivity index (χ0n) is 10.5. The lowest BCUT2D eigenvalue weighted by molar-refractivity contribution is -0.116. The van der Waals surface area contributed by atoms with E-state index in [2.05, 4.69) is 18.5 Å². The first kappa shape index (κ1) is 18.7. The highest BCUT2D eigenvalue weighted by atomic mass is 16.3. The summed E-state index contributed by atoms with van der Waals surface area (Å²) in [4.78, 5) is 20.6. The van der Waals surface area contributed by atoms with Crippen LogP contribution in [0, 0.1) is 0 Å². The number of carbonyl (C=O) groups excluding carboxylic acids is 2. The van der Waals surface area contributed by atoms with Crippen LogP contribution in [0.1, 0.15) is 19.3 Å². The van der Waals surface area contributed by atoms with E-state index < -0.39 is 5.91 Å². The molecule has 0 aromatic rings. The van der Waals surface area contributed by atoms with Crippen molar-refractivity contribution in [3.63, 3.8) is 0 Å². The molecule has 2 amide bonds. The van der Waals surface area contributed by atoms with Gasteiger partial charge in [0, 0.05) is 25.3 Å². The van der Waals surface area contributed by atoms with Gasteiger partial charge in [-0.3, -0.25) is 9.59 Å². The van der Waals surface area contributed by atoms with E-state index >= 15 is 0 Å². The van der Waals surface area contributed by atoms with Gasteiger partial charge in [0.15, 0.2) is 0 Å².